The lowest BCUT2D eigenvalue weighted by Gasteiger charge is -2.05. The predicted octanol–water partition coefficient (Wildman–Crippen LogP) is 3.33. The van der Waals surface area contributed by atoms with Crippen molar-refractivity contribution in [1.29, 1.82) is 0 Å². The summed E-state index contributed by atoms with van der Waals surface area (Å²) in [7, 11) is 1.63. The highest BCUT2D eigenvalue weighted by Gasteiger charge is 1.99. The van der Waals surface area contributed by atoms with Crippen LogP contribution in [-0.2, 0) is 11.3 Å². The summed E-state index contributed by atoms with van der Waals surface area (Å²) in [5.74, 6) is 0.679. The maximum Gasteiger partial charge on any atom is 0.244 e. The minimum atomic E-state index is -0.110. The zero-order valence-corrected chi connectivity index (χ0v) is 12.3. The lowest BCUT2D eigenvalue weighted by Crippen LogP contribution is -2.20. The van der Waals surface area contributed by atoms with Gasteiger partial charge < -0.3 is 10.1 Å². The van der Waals surface area contributed by atoms with Crippen molar-refractivity contribution in [2.24, 2.45) is 0 Å². The minimum absolute atomic E-state index is 0.110. The van der Waals surface area contributed by atoms with Crippen LogP contribution in [0.2, 0.25) is 0 Å². The Balaban J connectivity index is 1.91. The van der Waals surface area contributed by atoms with Crippen molar-refractivity contribution in [3.05, 3.63) is 71.3 Å². The average Bonchev–Trinajstić information content (AvgIpc) is 2.52. The lowest BCUT2D eigenvalue weighted by molar-refractivity contribution is -0.116. The second-order valence-corrected chi connectivity index (χ2v) is 4.76. The molecule has 0 fully saturated rings. The summed E-state index contributed by atoms with van der Waals surface area (Å²) in [6.45, 7) is 2.50. The Labute approximate surface area is 125 Å². The van der Waals surface area contributed by atoms with E-state index in [-0.39, 0.29) is 5.91 Å². The first-order chi connectivity index (χ1) is 10.2. The Morgan fingerprint density at radius 3 is 2.76 bits per heavy atom. The van der Waals surface area contributed by atoms with Gasteiger partial charge in [-0.15, -0.1) is 0 Å². The van der Waals surface area contributed by atoms with Crippen LogP contribution in [-0.4, -0.2) is 13.0 Å². The summed E-state index contributed by atoms with van der Waals surface area (Å²) in [5.41, 5.74) is 3.20. The van der Waals surface area contributed by atoms with Crippen LogP contribution in [0.4, 0.5) is 0 Å². The van der Waals surface area contributed by atoms with Crippen LogP contribution in [0, 0.1) is 6.92 Å². The molecular formula is C18H19NO2. The number of amides is 1. The van der Waals surface area contributed by atoms with Crippen LogP contribution in [0.25, 0.3) is 6.08 Å². The fraction of sp³-hybridized carbons (Fsp3) is 0.167. The smallest absolute Gasteiger partial charge is 0.244 e. The van der Waals surface area contributed by atoms with E-state index < -0.39 is 0 Å². The molecule has 0 radical (unpaired) electrons. The molecule has 0 bridgehead atoms. The van der Waals surface area contributed by atoms with Crippen LogP contribution >= 0.6 is 0 Å². The molecule has 0 spiro atoms. The molecule has 2 aromatic rings. The van der Waals surface area contributed by atoms with E-state index in [0.29, 0.717) is 6.54 Å². The first-order valence-corrected chi connectivity index (χ1v) is 6.83. The van der Waals surface area contributed by atoms with Crippen LogP contribution in [0.15, 0.2) is 54.6 Å². The average molecular weight is 281 g/mol. The van der Waals surface area contributed by atoms with E-state index in [9.17, 15) is 4.79 Å². The SMILES string of the molecule is COc1cccc(CNC(=O)/C=C/c2ccccc2C)c1. The van der Waals surface area contributed by atoms with Gasteiger partial charge in [-0.3, -0.25) is 4.79 Å². The Hall–Kier alpha value is -2.55. The molecule has 1 N–H and O–H groups in total. The van der Waals surface area contributed by atoms with Crippen molar-refractivity contribution < 1.29 is 9.53 Å². The molecule has 0 aliphatic rings. The summed E-state index contributed by atoms with van der Waals surface area (Å²) in [6.07, 6.45) is 3.39. The van der Waals surface area contributed by atoms with Gasteiger partial charge in [0.05, 0.1) is 7.11 Å². The zero-order chi connectivity index (χ0) is 15.1. The molecule has 0 heterocycles. The van der Waals surface area contributed by atoms with Gasteiger partial charge >= 0.3 is 0 Å². The molecule has 0 saturated heterocycles. The Morgan fingerprint density at radius 2 is 2.00 bits per heavy atom. The zero-order valence-electron chi connectivity index (χ0n) is 12.3. The van der Waals surface area contributed by atoms with Crippen molar-refractivity contribution in [2.75, 3.05) is 7.11 Å². The van der Waals surface area contributed by atoms with E-state index in [4.69, 9.17) is 4.74 Å². The molecule has 108 valence electrons. The molecule has 1 amide bonds. The van der Waals surface area contributed by atoms with E-state index >= 15 is 0 Å². The fourth-order valence-electron chi connectivity index (χ4n) is 1.97. The number of carbonyl (C=O) groups is 1. The number of methoxy groups -OCH3 is 1. The first-order valence-electron chi connectivity index (χ1n) is 6.83. The van der Waals surface area contributed by atoms with Gasteiger partial charge in [-0.1, -0.05) is 36.4 Å². The number of aryl methyl sites for hydroxylation is 1. The van der Waals surface area contributed by atoms with Crippen molar-refractivity contribution >= 4 is 12.0 Å². The summed E-state index contributed by atoms with van der Waals surface area (Å²) in [6, 6.07) is 15.6. The maximum atomic E-state index is 11.8. The van der Waals surface area contributed by atoms with Gasteiger partial charge in [0, 0.05) is 12.6 Å². The molecule has 3 nitrogen and oxygen atoms in total. The summed E-state index contributed by atoms with van der Waals surface area (Å²) in [5, 5.41) is 2.86. The van der Waals surface area contributed by atoms with Crippen molar-refractivity contribution in [3.8, 4) is 5.75 Å². The summed E-state index contributed by atoms with van der Waals surface area (Å²) in [4.78, 5) is 11.8. The third-order valence-electron chi connectivity index (χ3n) is 3.20. The number of nitrogens with one attached hydrogen (secondary N) is 1. The highest BCUT2D eigenvalue weighted by Crippen LogP contribution is 2.12. The molecular weight excluding hydrogens is 262 g/mol. The highest BCUT2D eigenvalue weighted by atomic mass is 16.5. The third-order valence-corrected chi connectivity index (χ3v) is 3.20. The predicted molar refractivity (Wildman–Crippen MR) is 85.1 cm³/mol. The fourth-order valence-corrected chi connectivity index (χ4v) is 1.97. The first kappa shape index (κ1) is 14.9. The molecule has 2 aromatic carbocycles. The topological polar surface area (TPSA) is 38.3 Å². The summed E-state index contributed by atoms with van der Waals surface area (Å²) >= 11 is 0. The summed E-state index contributed by atoms with van der Waals surface area (Å²) < 4.78 is 5.15. The van der Waals surface area contributed by atoms with E-state index in [1.54, 1.807) is 13.2 Å². The number of carbonyl (C=O) groups excluding carboxylic acids is 1. The number of hydrogen-bond donors (Lipinski definition) is 1. The molecule has 0 unspecified atom stereocenters. The van der Waals surface area contributed by atoms with Gasteiger partial charge in [0.15, 0.2) is 0 Å². The van der Waals surface area contributed by atoms with Gasteiger partial charge in [0.1, 0.15) is 5.75 Å². The van der Waals surface area contributed by atoms with Crippen LogP contribution in [0.1, 0.15) is 16.7 Å². The standard InChI is InChI=1S/C18H19NO2/c1-14-6-3-4-8-16(14)10-11-18(20)19-13-15-7-5-9-17(12-15)21-2/h3-12H,13H2,1-2H3,(H,19,20)/b11-10+. The Bertz CT molecular complexity index is 647. The molecule has 0 atom stereocenters. The molecule has 0 aliphatic heterocycles. The van der Waals surface area contributed by atoms with Crippen LogP contribution in [0.3, 0.4) is 0 Å². The quantitative estimate of drug-likeness (QED) is 0.854. The van der Waals surface area contributed by atoms with E-state index in [2.05, 4.69) is 5.32 Å². The van der Waals surface area contributed by atoms with Crippen LogP contribution in [0.5, 0.6) is 5.75 Å². The minimum Gasteiger partial charge on any atom is -0.497 e. The van der Waals surface area contributed by atoms with Gasteiger partial charge in [-0.2, -0.15) is 0 Å². The van der Waals surface area contributed by atoms with Gasteiger partial charge in [0.25, 0.3) is 0 Å². The second kappa shape index (κ2) is 7.29. The number of hydrogen-bond acceptors (Lipinski definition) is 2. The molecule has 21 heavy (non-hydrogen) atoms. The van der Waals surface area contributed by atoms with Gasteiger partial charge in [-0.25, -0.2) is 0 Å². The molecule has 0 aliphatic carbocycles. The third kappa shape index (κ3) is 4.49. The van der Waals surface area contributed by atoms with E-state index in [1.165, 1.54) is 0 Å². The monoisotopic (exact) mass is 281 g/mol. The van der Waals surface area contributed by atoms with Gasteiger partial charge in [-0.05, 0) is 41.8 Å². The molecule has 2 rings (SSSR count). The number of ether oxygens (including phenoxy) is 1. The van der Waals surface area contributed by atoms with Crippen molar-refractivity contribution in [3.63, 3.8) is 0 Å². The van der Waals surface area contributed by atoms with Gasteiger partial charge in [0.2, 0.25) is 5.91 Å². The number of benzene rings is 2. The molecule has 0 saturated carbocycles. The van der Waals surface area contributed by atoms with Crippen molar-refractivity contribution in [2.45, 2.75) is 13.5 Å². The molecule has 0 aromatic heterocycles. The van der Waals surface area contributed by atoms with Crippen molar-refractivity contribution in [1.82, 2.24) is 5.32 Å². The maximum absolute atomic E-state index is 11.8. The normalized spacial score (nSPS) is 10.6. The van der Waals surface area contributed by atoms with E-state index in [0.717, 1.165) is 22.4 Å². The second-order valence-electron chi connectivity index (χ2n) is 4.76. The Morgan fingerprint density at radius 1 is 1.19 bits per heavy atom. The largest absolute Gasteiger partial charge is 0.497 e. The van der Waals surface area contributed by atoms with Crippen LogP contribution < -0.4 is 10.1 Å². The highest BCUT2D eigenvalue weighted by molar-refractivity contribution is 5.91. The van der Waals surface area contributed by atoms with E-state index in [1.807, 2.05) is 61.5 Å². The lowest BCUT2D eigenvalue weighted by atomic mass is 10.1. The Kier molecular flexibility index (Phi) is 5.16. The molecule has 3 heteroatoms. The number of rotatable bonds is 5.